The van der Waals surface area contributed by atoms with Crippen LogP contribution in [0, 0.1) is 5.92 Å². The number of hydrogen-bond donors (Lipinski definition) is 1. The molecule has 1 aromatic rings. The molecule has 0 radical (unpaired) electrons. The molecule has 1 aliphatic rings. The number of hydrogen-bond acceptors (Lipinski definition) is 2. The van der Waals surface area contributed by atoms with E-state index in [4.69, 9.17) is 11.6 Å². The van der Waals surface area contributed by atoms with E-state index in [0.29, 0.717) is 18.0 Å². The zero-order chi connectivity index (χ0) is 14.8. The molecule has 0 aliphatic carbocycles. The lowest BCUT2D eigenvalue weighted by Gasteiger charge is -2.38. The summed E-state index contributed by atoms with van der Waals surface area (Å²) in [4.78, 5) is 1.37. The van der Waals surface area contributed by atoms with E-state index in [1.807, 2.05) is 12.1 Å². The third-order valence-electron chi connectivity index (χ3n) is 3.75. The van der Waals surface area contributed by atoms with Gasteiger partial charge in [-0.05, 0) is 36.6 Å². The number of likely N-dealkylation sites (tertiary alicyclic amines) is 1. The Morgan fingerprint density at radius 2 is 1.90 bits per heavy atom. The fraction of sp³-hybridized carbons (Fsp3) is 0.571. The van der Waals surface area contributed by atoms with Gasteiger partial charge in [-0.2, -0.15) is 13.2 Å². The molecule has 0 aromatic heterocycles. The first-order valence-corrected chi connectivity index (χ1v) is 6.92. The van der Waals surface area contributed by atoms with Crippen molar-refractivity contribution in [2.45, 2.75) is 18.5 Å². The number of aliphatic hydroxyl groups excluding tert-OH is 1. The standard InChI is InChI=1S/C14H17ClF3NO/c15-12-3-1-10(2-4-12)13-5-6-19(7-11(13)8-20)9-14(16,17)18/h1-4,11,13,20H,5-9H2/t11-,13-/m0/s1. The normalized spacial score (nSPS) is 24.9. The van der Waals surface area contributed by atoms with E-state index in [9.17, 15) is 18.3 Å². The van der Waals surface area contributed by atoms with Gasteiger partial charge in [0.05, 0.1) is 6.54 Å². The molecule has 112 valence electrons. The maximum Gasteiger partial charge on any atom is 0.401 e. The molecule has 1 aliphatic heterocycles. The fourth-order valence-electron chi connectivity index (χ4n) is 2.84. The predicted molar refractivity (Wildman–Crippen MR) is 71.9 cm³/mol. The van der Waals surface area contributed by atoms with Crippen molar-refractivity contribution in [2.75, 3.05) is 26.2 Å². The summed E-state index contributed by atoms with van der Waals surface area (Å²) in [6.45, 7) is -0.356. The monoisotopic (exact) mass is 307 g/mol. The van der Waals surface area contributed by atoms with Gasteiger partial charge in [-0.15, -0.1) is 0 Å². The smallest absolute Gasteiger partial charge is 0.396 e. The van der Waals surface area contributed by atoms with Crippen LogP contribution in [0.25, 0.3) is 0 Å². The van der Waals surface area contributed by atoms with Gasteiger partial charge in [0.25, 0.3) is 0 Å². The van der Waals surface area contributed by atoms with E-state index in [1.165, 1.54) is 4.90 Å². The van der Waals surface area contributed by atoms with Crippen molar-refractivity contribution in [3.8, 4) is 0 Å². The molecule has 0 amide bonds. The highest BCUT2D eigenvalue weighted by molar-refractivity contribution is 6.30. The lowest BCUT2D eigenvalue weighted by atomic mass is 9.81. The first kappa shape index (κ1) is 15.6. The number of alkyl halides is 3. The first-order chi connectivity index (χ1) is 9.39. The lowest BCUT2D eigenvalue weighted by Crippen LogP contribution is -2.45. The minimum Gasteiger partial charge on any atom is -0.396 e. The summed E-state index contributed by atoms with van der Waals surface area (Å²) in [6, 6.07) is 7.31. The molecule has 1 aromatic carbocycles. The maximum absolute atomic E-state index is 12.4. The molecule has 0 saturated carbocycles. The maximum atomic E-state index is 12.4. The van der Waals surface area contributed by atoms with E-state index >= 15 is 0 Å². The van der Waals surface area contributed by atoms with Crippen molar-refractivity contribution in [2.24, 2.45) is 5.92 Å². The number of benzene rings is 1. The molecular weight excluding hydrogens is 291 g/mol. The third-order valence-corrected chi connectivity index (χ3v) is 4.01. The molecule has 1 N–H and O–H groups in total. The number of halogens is 4. The molecule has 1 saturated heterocycles. The SMILES string of the molecule is OC[C@@H]1CN(CC(F)(F)F)CC[C@H]1c1ccc(Cl)cc1. The Kier molecular flexibility index (Phi) is 4.94. The van der Waals surface area contributed by atoms with Crippen molar-refractivity contribution in [3.05, 3.63) is 34.9 Å². The molecule has 2 atom stereocenters. The van der Waals surface area contributed by atoms with E-state index < -0.39 is 12.7 Å². The Bertz CT molecular complexity index is 435. The minimum atomic E-state index is -4.19. The Labute approximate surface area is 121 Å². The second kappa shape index (κ2) is 6.33. The molecule has 2 nitrogen and oxygen atoms in total. The van der Waals surface area contributed by atoms with Gasteiger partial charge in [0.2, 0.25) is 0 Å². The quantitative estimate of drug-likeness (QED) is 0.926. The molecule has 0 spiro atoms. The third kappa shape index (κ3) is 4.11. The second-order valence-corrected chi connectivity index (χ2v) is 5.68. The number of piperidine rings is 1. The second-order valence-electron chi connectivity index (χ2n) is 5.24. The Morgan fingerprint density at radius 1 is 1.25 bits per heavy atom. The van der Waals surface area contributed by atoms with Crippen LogP contribution in [0.4, 0.5) is 13.2 Å². The van der Waals surface area contributed by atoms with Crippen molar-refractivity contribution < 1.29 is 18.3 Å². The lowest BCUT2D eigenvalue weighted by molar-refractivity contribution is -0.150. The van der Waals surface area contributed by atoms with Crippen LogP contribution in [0.1, 0.15) is 17.9 Å². The highest BCUT2D eigenvalue weighted by atomic mass is 35.5. The van der Waals surface area contributed by atoms with Crippen LogP contribution >= 0.6 is 11.6 Å². The summed E-state index contributed by atoms with van der Waals surface area (Å²) < 4.78 is 37.3. The molecule has 0 unspecified atom stereocenters. The van der Waals surface area contributed by atoms with E-state index in [1.54, 1.807) is 12.1 Å². The summed E-state index contributed by atoms with van der Waals surface area (Å²) in [7, 11) is 0. The van der Waals surface area contributed by atoms with Crippen molar-refractivity contribution >= 4 is 11.6 Å². The van der Waals surface area contributed by atoms with E-state index in [0.717, 1.165) is 5.56 Å². The molecule has 20 heavy (non-hydrogen) atoms. The molecule has 2 rings (SSSR count). The van der Waals surface area contributed by atoms with Crippen LogP contribution in [0.3, 0.4) is 0 Å². The van der Waals surface area contributed by atoms with Crippen LogP contribution < -0.4 is 0 Å². The van der Waals surface area contributed by atoms with Gasteiger partial charge < -0.3 is 5.11 Å². The summed E-state index contributed by atoms with van der Waals surface area (Å²) in [5.41, 5.74) is 1.03. The average Bonchev–Trinajstić information content (AvgIpc) is 2.38. The van der Waals surface area contributed by atoms with Gasteiger partial charge >= 0.3 is 6.18 Å². The van der Waals surface area contributed by atoms with Crippen LogP contribution in [0.5, 0.6) is 0 Å². The number of aliphatic hydroxyl groups is 1. The zero-order valence-electron chi connectivity index (χ0n) is 10.9. The van der Waals surface area contributed by atoms with Crippen molar-refractivity contribution in [1.29, 1.82) is 0 Å². The molecule has 6 heteroatoms. The van der Waals surface area contributed by atoms with E-state index in [-0.39, 0.29) is 25.0 Å². The van der Waals surface area contributed by atoms with Gasteiger partial charge in [-0.25, -0.2) is 0 Å². The topological polar surface area (TPSA) is 23.5 Å². The van der Waals surface area contributed by atoms with Gasteiger partial charge in [0.15, 0.2) is 0 Å². The van der Waals surface area contributed by atoms with Crippen LogP contribution in [0.2, 0.25) is 5.02 Å². The van der Waals surface area contributed by atoms with Crippen LogP contribution in [-0.2, 0) is 0 Å². The fourth-order valence-corrected chi connectivity index (χ4v) is 2.96. The van der Waals surface area contributed by atoms with Crippen molar-refractivity contribution in [1.82, 2.24) is 4.90 Å². The highest BCUT2D eigenvalue weighted by Gasteiger charge is 2.36. The first-order valence-electron chi connectivity index (χ1n) is 6.54. The molecular formula is C14H17ClF3NO. The number of rotatable bonds is 3. The summed E-state index contributed by atoms with van der Waals surface area (Å²) in [5.74, 6) is -0.0889. The zero-order valence-corrected chi connectivity index (χ0v) is 11.7. The minimum absolute atomic E-state index is 0.0850. The Balaban J connectivity index is 2.05. The van der Waals surface area contributed by atoms with Crippen LogP contribution in [0.15, 0.2) is 24.3 Å². The average molecular weight is 308 g/mol. The number of nitrogens with zero attached hydrogens (tertiary/aromatic N) is 1. The van der Waals surface area contributed by atoms with Gasteiger partial charge in [0, 0.05) is 24.1 Å². The summed E-state index contributed by atoms with van der Waals surface area (Å²) in [5, 5.41) is 10.1. The van der Waals surface area contributed by atoms with Crippen LogP contribution in [-0.4, -0.2) is 42.4 Å². The predicted octanol–water partition coefficient (Wildman–Crippen LogP) is 3.30. The molecule has 0 bridgehead atoms. The van der Waals surface area contributed by atoms with Gasteiger partial charge in [-0.3, -0.25) is 4.90 Å². The Morgan fingerprint density at radius 3 is 2.45 bits per heavy atom. The summed E-state index contributed by atoms with van der Waals surface area (Å²) >= 11 is 5.83. The molecule has 1 heterocycles. The molecule has 1 fully saturated rings. The van der Waals surface area contributed by atoms with Crippen molar-refractivity contribution in [3.63, 3.8) is 0 Å². The van der Waals surface area contributed by atoms with Gasteiger partial charge in [-0.1, -0.05) is 23.7 Å². The van der Waals surface area contributed by atoms with Gasteiger partial charge in [0.1, 0.15) is 0 Å². The summed E-state index contributed by atoms with van der Waals surface area (Å²) in [6.07, 6.45) is -3.57. The largest absolute Gasteiger partial charge is 0.401 e. The highest BCUT2D eigenvalue weighted by Crippen LogP contribution is 2.34. The Hall–Kier alpha value is -0.780. The van der Waals surface area contributed by atoms with E-state index in [2.05, 4.69) is 0 Å².